The van der Waals surface area contributed by atoms with E-state index in [0.717, 1.165) is 5.56 Å². The lowest BCUT2D eigenvalue weighted by Crippen LogP contribution is -2.26. The summed E-state index contributed by atoms with van der Waals surface area (Å²) < 4.78 is 26.2. The van der Waals surface area contributed by atoms with Gasteiger partial charge < -0.3 is 4.90 Å². The lowest BCUT2D eigenvalue weighted by molar-refractivity contribution is 0.0785. The topological polar surface area (TPSA) is 20.3 Å². The molecular formula is C15H12BrF2NO. The van der Waals surface area contributed by atoms with Crippen molar-refractivity contribution in [2.24, 2.45) is 0 Å². The first-order valence-electron chi connectivity index (χ1n) is 5.92. The van der Waals surface area contributed by atoms with Gasteiger partial charge in [0.15, 0.2) is 0 Å². The number of nitrogens with zero attached hydrogens (tertiary/aromatic N) is 1. The van der Waals surface area contributed by atoms with Crippen molar-refractivity contribution in [3.8, 4) is 0 Å². The maximum Gasteiger partial charge on any atom is 0.253 e. The van der Waals surface area contributed by atoms with E-state index in [0.29, 0.717) is 12.1 Å². The molecule has 0 unspecified atom stereocenters. The summed E-state index contributed by atoms with van der Waals surface area (Å²) in [5, 5.41) is 0. The van der Waals surface area contributed by atoms with E-state index < -0.39 is 5.82 Å². The largest absolute Gasteiger partial charge is 0.337 e. The van der Waals surface area contributed by atoms with Crippen LogP contribution in [-0.2, 0) is 6.54 Å². The zero-order valence-electron chi connectivity index (χ0n) is 10.7. The Hall–Kier alpha value is -1.75. The van der Waals surface area contributed by atoms with Crippen LogP contribution in [0.25, 0.3) is 0 Å². The minimum Gasteiger partial charge on any atom is -0.337 e. The highest BCUT2D eigenvalue weighted by Crippen LogP contribution is 2.18. The summed E-state index contributed by atoms with van der Waals surface area (Å²) in [6.07, 6.45) is 0. The van der Waals surface area contributed by atoms with E-state index in [1.54, 1.807) is 19.2 Å². The number of hydrogen-bond donors (Lipinski definition) is 0. The Morgan fingerprint density at radius 1 is 1.15 bits per heavy atom. The second-order valence-corrected chi connectivity index (χ2v) is 5.27. The molecule has 0 heterocycles. The van der Waals surface area contributed by atoms with Crippen LogP contribution in [0.5, 0.6) is 0 Å². The standard InChI is InChI=1S/C15H12BrF2NO/c1-19(9-10-2-5-12(17)6-3-10)15(20)11-4-7-14(18)13(16)8-11/h2-8H,9H2,1H3. The van der Waals surface area contributed by atoms with E-state index >= 15 is 0 Å². The number of halogens is 3. The minimum atomic E-state index is -0.414. The molecule has 5 heteroatoms. The Morgan fingerprint density at radius 2 is 1.80 bits per heavy atom. The molecule has 0 atom stereocenters. The number of carbonyl (C=O) groups is 1. The van der Waals surface area contributed by atoms with Crippen LogP contribution < -0.4 is 0 Å². The highest BCUT2D eigenvalue weighted by Gasteiger charge is 2.13. The summed E-state index contributed by atoms with van der Waals surface area (Å²) >= 11 is 3.05. The lowest BCUT2D eigenvalue weighted by atomic mass is 10.1. The summed E-state index contributed by atoms with van der Waals surface area (Å²) in [6, 6.07) is 10.1. The third-order valence-corrected chi connectivity index (χ3v) is 3.45. The Kier molecular flexibility index (Phi) is 4.49. The van der Waals surface area contributed by atoms with Gasteiger partial charge in [-0.05, 0) is 51.8 Å². The summed E-state index contributed by atoms with van der Waals surface area (Å²) in [5.74, 6) is -0.956. The van der Waals surface area contributed by atoms with Gasteiger partial charge in [-0.2, -0.15) is 0 Å². The molecule has 2 nitrogen and oxygen atoms in total. The predicted molar refractivity (Wildman–Crippen MR) is 76.3 cm³/mol. The fourth-order valence-electron chi connectivity index (χ4n) is 1.79. The van der Waals surface area contributed by atoms with Crippen LogP contribution in [0.1, 0.15) is 15.9 Å². The smallest absolute Gasteiger partial charge is 0.253 e. The second-order valence-electron chi connectivity index (χ2n) is 4.42. The van der Waals surface area contributed by atoms with Crippen molar-refractivity contribution in [2.45, 2.75) is 6.54 Å². The molecular weight excluding hydrogens is 328 g/mol. The first-order valence-corrected chi connectivity index (χ1v) is 6.71. The Balaban J connectivity index is 2.11. The Bertz CT molecular complexity index is 628. The van der Waals surface area contributed by atoms with Crippen LogP contribution >= 0.6 is 15.9 Å². The number of carbonyl (C=O) groups excluding carboxylic acids is 1. The normalized spacial score (nSPS) is 10.4. The molecule has 0 spiro atoms. The molecule has 0 aliphatic heterocycles. The third-order valence-electron chi connectivity index (χ3n) is 2.85. The van der Waals surface area contributed by atoms with Gasteiger partial charge in [-0.1, -0.05) is 12.1 Å². The molecule has 2 aromatic carbocycles. The quantitative estimate of drug-likeness (QED) is 0.827. The molecule has 0 N–H and O–H groups in total. The van der Waals surface area contributed by atoms with Crippen LogP contribution in [0.4, 0.5) is 8.78 Å². The van der Waals surface area contributed by atoms with Crippen LogP contribution in [-0.4, -0.2) is 17.9 Å². The molecule has 104 valence electrons. The second kappa shape index (κ2) is 6.13. The van der Waals surface area contributed by atoms with Gasteiger partial charge in [-0.3, -0.25) is 4.79 Å². The van der Waals surface area contributed by atoms with Crippen molar-refractivity contribution in [3.05, 3.63) is 69.7 Å². The Labute approximate surface area is 124 Å². The molecule has 0 saturated carbocycles. The van der Waals surface area contributed by atoms with E-state index in [1.807, 2.05) is 0 Å². The average molecular weight is 340 g/mol. The van der Waals surface area contributed by atoms with Gasteiger partial charge in [0.05, 0.1) is 4.47 Å². The number of benzene rings is 2. The maximum atomic E-state index is 13.1. The van der Waals surface area contributed by atoms with Gasteiger partial charge in [-0.15, -0.1) is 0 Å². The SMILES string of the molecule is CN(Cc1ccc(F)cc1)C(=O)c1ccc(F)c(Br)c1. The van der Waals surface area contributed by atoms with E-state index in [9.17, 15) is 13.6 Å². The maximum absolute atomic E-state index is 13.1. The van der Waals surface area contributed by atoms with Gasteiger partial charge in [0, 0.05) is 19.2 Å². The molecule has 0 saturated heterocycles. The van der Waals surface area contributed by atoms with Gasteiger partial charge >= 0.3 is 0 Å². The molecule has 2 aromatic rings. The summed E-state index contributed by atoms with van der Waals surface area (Å²) in [6.45, 7) is 0.355. The molecule has 0 aliphatic carbocycles. The first kappa shape index (κ1) is 14.7. The van der Waals surface area contributed by atoms with E-state index in [-0.39, 0.29) is 16.2 Å². The highest BCUT2D eigenvalue weighted by molar-refractivity contribution is 9.10. The van der Waals surface area contributed by atoms with E-state index in [1.165, 1.54) is 35.2 Å². The molecule has 0 fully saturated rings. The number of hydrogen-bond acceptors (Lipinski definition) is 1. The summed E-state index contributed by atoms with van der Waals surface area (Å²) in [5.41, 5.74) is 1.21. The van der Waals surface area contributed by atoms with Crippen LogP contribution in [0.2, 0.25) is 0 Å². The molecule has 20 heavy (non-hydrogen) atoms. The van der Waals surface area contributed by atoms with Crippen molar-refractivity contribution in [2.75, 3.05) is 7.05 Å². The highest BCUT2D eigenvalue weighted by atomic mass is 79.9. The zero-order valence-corrected chi connectivity index (χ0v) is 12.3. The molecule has 0 bridgehead atoms. The van der Waals surface area contributed by atoms with Crippen LogP contribution in [0.15, 0.2) is 46.9 Å². The van der Waals surface area contributed by atoms with Crippen LogP contribution in [0.3, 0.4) is 0 Å². The third kappa shape index (κ3) is 3.42. The van der Waals surface area contributed by atoms with Crippen molar-refractivity contribution in [1.29, 1.82) is 0 Å². The van der Waals surface area contributed by atoms with Crippen molar-refractivity contribution in [1.82, 2.24) is 4.90 Å². The van der Waals surface area contributed by atoms with Crippen LogP contribution in [0, 0.1) is 11.6 Å². The first-order chi connectivity index (χ1) is 9.47. The number of amides is 1. The van der Waals surface area contributed by atoms with E-state index in [2.05, 4.69) is 15.9 Å². The molecule has 0 aromatic heterocycles. The fraction of sp³-hybridized carbons (Fsp3) is 0.133. The average Bonchev–Trinajstić information content (AvgIpc) is 2.43. The summed E-state index contributed by atoms with van der Waals surface area (Å²) in [4.78, 5) is 13.7. The van der Waals surface area contributed by atoms with Gasteiger partial charge in [0.25, 0.3) is 5.91 Å². The van der Waals surface area contributed by atoms with Gasteiger partial charge in [0.1, 0.15) is 11.6 Å². The van der Waals surface area contributed by atoms with Gasteiger partial charge in [-0.25, -0.2) is 8.78 Å². The minimum absolute atomic E-state index is 0.227. The fourth-order valence-corrected chi connectivity index (χ4v) is 2.16. The van der Waals surface area contributed by atoms with Crippen molar-refractivity contribution >= 4 is 21.8 Å². The monoisotopic (exact) mass is 339 g/mol. The number of rotatable bonds is 3. The lowest BCUT2D eigenvalue weighted by Gasteiger charge is -2.17. The Morgan fingerprint density at radius 3 is 2.40 bits per heavy atom. The van der Waals surface area contributed by atoms with Gasteiger partial charge in [0.2, 0.25) is 0 Å². The molecule has 0 aliphatic rings. The molecule has 2 rings (SSSR count). The predicted octanol–water partition coefficient (Wildman–Crippen LogP) is 4.00. The zero-order chi connectivity index (χ0) is 14.7. The summed E-state index contributed by atoms with van der Waals surface area (Å²) in [7, 11) is 1.64. The van der Waals surface area contributed by atoms with Crippen molar-refractivity contribution in [3.63, 3.8) is 0 Å². The van der Waals surface area contributed by atoms with E-state index in [4.69, 9.17) is 0 Å². The molecule has 1 amide bonds. The molecule has 0 radical (unpaired) electrons. The van der Waals surface area contributed by atoms with Crippen molar-refractivity contribution < 1.29 is 13.6 Å².